The molecule has 1 amide bonds. The van der Waals surface area contributed by atoms with Crippen molar-refractivity contribution in [2.75, 3.05) is 25.0 Å². The number of nitrogens with zero attached hydrogens (tertiary/aromatic N) is 1. The molecule has 1 aromatic carbocycles. The summed E-state index contributed by atoms with van der Waals surface area (Å²) in [6.07, 6.45) is 2.80. The first-order chi connectivity index (χ1) is 11.1. The molecule has 0 aromatic heterocycles. The lowest BCUT2D eigenvalue weighted by Gasteiger charge is -2.31. The zero-order valence-corrected chi connectivity index (χ0v) is 13.4. The Labute approximate surface area is 136 Å². The summed E-state index contributed by atoms with van der Waals surface area (Å²) in [6.45, 7) is 5.03. The molecule has 5 heteroatoms. The van der Waals surface area contributed by atoms with Gasteiger partial charge in [0.25, 0.3) is 5.91 Å². The fraction of sp³-hybridized carbons (Fsp3) is 0.556. The second-order valence-corrected chi connectivity index (χ2v) is 7.13. The summed E-state index contributed by atoms with van der Waals surface area (Å²) < 4.78 is 5.65. The van der Waals surface area contributed by atoms with Gasteiger partial charge >= 0.3 is 5.97 Å². The van der Waals surface area contributed by atoms with Crippen molar-refractivity contribution in [1.29, 1.82) is 0 Å². The fourth-order valence-electron chi connectivity index (χ4n) is 4.02. The number of fused-ring (bicyclic) bond motifs is 2. The highest BCUT2D eigenvalue weighted by molar-refractivity contribution is 6.07. The number of piperidine rings is 1. The van der Waals surface area contributed by atoms with Crippen molar-refractivity contribution in [3.63, 3.8) is 0 Å². The first-order valence-electron chi connectivity index (χ1n) is 8.45. The Hall–Kier alpha value is -1.88. The van der Waals surface area contributed by atoms with Crippen LogP contribution in [0.15, 0.2) is 24.3 Å². The lowest BCUT2D eigenvalue weighted by molar-refractivity contribution is -0.157. The van der Waals surface area contributed by atoms with Crippen LogP contribution in [0.4, 0.5) is 5.69 Å². The zero-order valence-electron chi connectivity index (χ0n) is 13.4. The van der Waals surface area contributed by atoms with Crippen molar-refractivity contribution in [2.24, 2.45) is 11.8 Å². The normalized spacial score (nSPS) is 31.3. The average molecular weight is 314 g/mol. The number of para-hydroxylation sites is 1. The highest BCUT2D eigenvalue weighted by Gasteiger charge is 2.57. The van der Waals surface area contributed by atoms with Crippen LogP contribution in [0.2, 0.25) is 0 Å². The Kier molecular flexibility index (Phi) is 3.41. The second-order valence-electron chi connectivity index (χ2n) is 7.13. The van der Waals surface area contributed by atoms with Gasteiger partial charge in [-0.3, -0.25) is 9.59 Å². The van der Waals surface area contributed by atoms with E-state index in [4.69, 9.17) is 4.74 Å². The number of hydrogen-bond donors (Lipinski definition) is 1. The molecule has 1 N–H and O–H groups in total. The summed E-state index contributed by atoms with van der Waals surface area (Å²) in [7, 11) is 0. The SMILES string of the molecule is CC1CCN(CC2CC3(OC2=O)C(=O)Nc2ccccc23)CC1. The van der Waals surface area contributed by atoms with Gasteiger partial charge in [0.15, 0.2) is 0 Å². The minimum Gasteiger partial charge on any atom is -0.444 e. The number of nitrogens with one attached hydrogen (secondary N) is 1. The number of carbonyl (C=O) groups is 2. The highest BCUT2D eigenvalue weighted by Crippen LogP contribution is 2.47. The van der Waals surface area contributed by atoms with E-state index in [-0.39, 0.29) is 17.8 Å². The van der Waals surface area contributed by atoms with E-state index in [1.165, 1.54) is 12.8 Å². The van der Waals surface area contributed by atoms with Crippen LogP contribution in [0.1, 0.15) is 31.7 Å². The van der Waals surface area contributed by atoms with E-state index in [1.807, 2.05) is 24.3 Å². The van der Waals surface area contributed by atoms with Gasteiger partial charge in [-0.1, -0.05) is 25.1 Å². The highest BCUT2D eigenvalue weighted by atomic mass is 16.6. The summed E-state index contributed by atoms with van der Waals surface area (Å²) >= 11 is 0. The minimum atomic E-state index is -1.11. The van der Waals surface area contributed by atoms with Gasteiger partial charge in [-0.25, -0.2) is 0 Å². The number of amides is 1. The Bertz CT molecular complexity index is 651. The molecule has 23 heavy (non-hydrogen) atoms. The topological polar surface area (TPSA) is 58.6 Å². The number of carbonyl (C=O) groups excluding carboxylic acids is 2. The van der Waals surface area contributed by atoms with E-state index >= 15 is 0 Å². The van der Waals surface area contributed by atoms with Crippen LogP contribution in [-0.2, 0) is 19.9 Å². The minimum absolute atomic E-state index is 0.207. The molecular formula is C18H22N2O3. The summed E-state index contributed by atoms with van der Waals surface area (Å²) in [6, 6.07) is 7.50. The molecule has 4 rings (SSSR count). The van der Waals surface area contributed by atoms with Crippen molar-refractivity contribution in [2.45, 2.75) is 31.8 Å². The lowest BCUT2D eigenvalue weighted by atomic mass is 9.87. The van der Waals surface area contributed by atoms with Gasteiger partial charge in [-0.05, 0) is 37.9 Å². The summed E-state index contributed by atoms with van der Waals surface area (Å²) in [5.41, 5.74) is 0.451. The largest absolute Gasteiger partial charge is 0.444 e. The van der Waals surface area contributed by atoms with Gasteiger partial charge in [-0.15, -0.1) is 0 Å². The number of rotatable bonds is 2. The van der Waals surface area contributed by atoms with Gasteiger partial charge in [-0.2, -0.15) is 0 Å². The lowest BCUT2D eigenvalue weighted by Crippen LogP contribution is -2.38. The van der Waals surface area contributed by atoms with Gasteiger partial charge in [0.05, 0.1) is 5.92 Å². The van der Waals surface area contributed by atoms with Crippen molar-refractivity contribution in [1.82, 2.24) is 4.90 Å². The van der Waals surface area contributed by atoms with Gasteiger partial charge in [0.2, 0.25) is 5.60 Å². The van der Waals surface area contributed by atoms with Crippen molar-refractivity contribution in [3.8, 4) is 0 Å². The number of ether oxygens (including phenoxy) is 1. The third-order valence-corrected chi connectivity index (χ3v) is 5.47. The van der Waals surface area contributed by atoms with Crippen LogP contribution in [0.5, 0.6) is 0 Å². The van der Waals surface area contributed by atoms with E-state index in [1.54, 1.807) is 0 Å². The van der Waals surface area contributed by atoms with Crippen LogP contribution in [0.25, 0.3) is 0 Å². The van der Waals surface area contributed by atoms with E-state index in [9.17, 15) is 9.59 Å². The fourth-order valence-corrected chi connectivity index (χ4v) is 4.02. The monoisotopic (exact) mass is 314 g/mol. The molecule has 2 unspecified atom stereocenters. The summed E-state index contributed by atoms with van der Waals surface area (Å²) in [4.78, 5) is 27.2. The quantitative estimate of drug-likeness (QED) is 0.850. The zero-order chi connectivity index (χ0) is 16.0. The number of likely N-dealkylation sites (tertiary alicyclic amines) is 1. The second kappa shape index (κ2) is 5.34. The maximum absolute atomic E-state index is 12.5. The van der Waals surface area contributed by atoms with Crippen LogP contribution in [-0.4, -0.2) is 36.4 Å². The molecule has 0 bridgehead atoms. The molecule has 0 radical (unpaired) electrons. The van der Waals surface area contributed by atoms with Crippen molar-refractivity contribution >= 4 is 17.6 Å². The first kappa shape index (κ1) is 14.7. The molecule has 2 saturated heterocycles. The maximum atomic E-state index is 12.5. The summed E-state index contributed by atoms with van der Waals surface area (Å²) in [5.74, 6) is 0.0956. The molecule has 3 aliphatic heterocycles. The predicted octanol–water partition coefficient (Wildman–Crippen LogP) is 2.13. The molecule has 1 aromatic rings. The predicted molar refractivity (Wildman–Crippen MR) is 85.8 cm³/mol. The van der Waals surface area contributed by atoms with E-state index in [0.29, 0.717) is 13.0 Å². The molecule has 3 heterocycles. The Morgan fingerprint density at radius 1 is 1.26 bits per heavy atom. The third-order valence-electron chi connectivity index (χ3n) is 5.47. The molecule has 0 aliphatic carbocycles. The van der Waals surface area contributed by atoms with Gasteiger partial charge in [0.1, 0.15) is 0 Å². The van der Waals surface area contributed by atoms with E-state index in [2.05, 4.69) is 17.1 Å². The smallest absolute Gasteiger partial charge is 0.311 e. The number of hydrogen-bond acceptors (Lipinski definition) is 4. The number of esters is 1. The molecule has 0 saturated carbocycles. The molecule has 3 aliphatic rings. The first-order valence-corrected chi connectivity index (χ1v) is 8.45. The van der Waals surface area contributed by atoms with Crippen molar-refractivity contribution in [3.05, 3.63) is 29.8 Å². The van der Waals surface area contributed by atoms with E-state index in [0.717, 1.165) is 30.3 Å². The van der Waals surface area contributed by atoms with Gasteiger partial charge in [0, 0.05) is 24.2 Å². The molecule has 2 atom stereocenters. The average Bonchev–Trinajstić information content (AvgIpc) is 3.01. The molecular weight excluding hydrogens is 292 g/mol. The maximum Gasteiger partial charge on any atom is 0.311 e. The Morgan fingerprint density at radius 2 is 2.00 bits per heavy atom. The molecule has 5 nitrogen and oxygen atoms in total. The number of benzene rings is 1. The molecule has 2 fully saturated rings. The van der Waals surface area contributed by atoms with Crippen LogP contribution >= 0.6 is 0 Å². The summed E-state index contributed by atoms with van der Waals surface area (Å²) in [5, 5.41) is 2.85. The van der Waals surface area contributed by atoms with Crippen molar-refractivity contribution < 1.29 is 14.3 Å². The van der Waals surface area contributed by atoms with Gasteiger partial charge < -0.3 is 15.0 Å². The van der Waals surface area contributed by atoms with Crippen LogP contribution < -0.4 is 5.32 Å². The van der Waals surface area contributed by atoms with Crippen LogP contribution in [0, 0.1) is 11.8 Å². The number of anilines is 1. The van der Waals surface area contributed by atoms with E-state index < -0.39 is 5.60 Å². The molecule has 1 spiro atoms. The Balaban J connectivity index is 1.53. The van der Waals surface area contributed by atoms with Crippen LogP contribution in [0.3, 0.4) is 0 Å². The molecule has 122 valence electrons. The Morgan fingerprint density at radius 3 is 2.78 bits per heavy atom. The standard InChI is InChI=1S/C18H22N2O3/c1-12-6-8-20(9-7-12)11-13-10-18(23-16(13)21)14-4-2-3-5-15(14)19-17(18)22/h2-5,12-13H,6-11H2,1H3,(H,19,22). The third kappa shape index (κ3) is 2.34.